The number of pyridine rings is 1. The average Bonchev–Trinajstić information content (AvgIpc) is 3.24. The van der Waals surface area contributed by atoms with Crippen molar-refractivity contribution >= 4 is 21.7 Å². The molecule has 3 aromatic rings. The van der Waals surface area contributed by atoms with E-state index >= 15 is 0 Å². The summed E-state index contributed by atoms with van der Waals surface area (Å²) in [7, 11) is 0. The molecule has 0 saturated heterocycles. The highest BCUT2D eigenvalue weighted by Crippen LogP contribution is 2.27. The van der Waals surface area contributed by atoms with E-state index in [2.05, 4.69) is 38.8 Å². The highest BCUT2D eigenvalue weighted by atomic mass is 79.9. The molecular formula is C20H19BrFN5O2. The zero-order valence-corrected chi connectivity index (χ0v) is 17.3. The smallest absolute Gasteiger partial charge is 0.358 e. The van der Waals surface area contributed by atoms with Gasteiger partial charge in [0.2, 0.25) is 0 Å². The van der Waals surface area contributed by atoms with Crippen molar-refractivity contribution in [3.05, 3.63) is 74.5 Å². The number of aromatic nitrogens is 3. The van der Waals surface area contributed by atoms with E-state index in [1.54, 1.807) is 16.7 Å². The van der Waals surface area contributed by atoms with Gasteiger partial charge in [0.25, 0.3) is 4.73 Å². The van der Waals surface area contributed by atoms with Crippen LogP contribution in [0.4, 0.5) is 10.2 Å². The van der Waals surface area contributed by atoms with Gasteiger partial charge < -0.3 is 10.1 Å². The van der Waals surface area contributed by atoms with E-state index in [1.807, 2.05) is 6.07 Å². The zero-order valence-electron chi connectivity index (χ0n) is 15.8. The molecule has 0 radical (unpaired) electrons. The molecule has 4 rings (SSSR count). The number of nitro groups is 1. The first-order valence-electron chi connectivity index (χ1n) is 9.23. The Kier molecular flexibility index (Phi) is 5.42. The number of nitrogens with zero attached hydrogens (tertiary/aromatic N) is 5. The fourth-order valence-electron chi connectivity index (χ4n) is 3.66. The molecule has 0 bridgehead atoms. The Morgan fingerprint density at radius 1 is 1.17 bits per heavy atom. The Morgan fingerprint density at radius 2 is 1.93 bits per heavy atom. The number of benzene rings is 1. The molecule has 0 N–H and O–H groups in total. The van der Waals surface area contributed by atoms with Gasteiger partial charge in [0, 0.05) is 47.7 Å². The normalized spacial score (nSPS) is 14.7. The maximum absolute atomic E-state index is 13.1. The van der Waals surface area contributed by atoms with Gasteiger partial charge in [-0.25, -0.2) is 4.39 Å². The minimum atomic E-state index is -0.493. The van der Waals surface area contributed by atoms with Crippen molar-refractivity contribution in [2.75, 3.05) is 6.54 Å². The minimum Gasteiger partial charge on any atom is -0.358 e. The fourth-order valence-corrected chi connectivity index (χ4v) is 4.09. The summed E-state index contributed by atoms with van der Waals surface area (Å²) in [5.74, 6) is -0.147. The first kappa shape index (κ1) is 19.7. The second-order valence-electron chi connectivity index (χ2n) is 7.36. The van der Waals surface area contributed by atoms with Gasteiger partial charge in [0.05, 0.1) is 11.4 Å². The molecule has 0 saturated carbocycles. The maximum Gasteiger partial charge on any atom is 0.382 e. The zero-order chi connectivity index (χ0) is 20.5. The first-order chi connectivity index (χ1) is 13.9. The summed E-state index contributed by atoms with van der Waals surface area (Å²) >= 11 is 3.28. The second kappa shape index (κ2) is 8.00. The summed E-state index contributed by atoms with van der Waals surface area (Å²) in [5.41, 5.74) is 3.97. The Labute approximate surface area is 175 Å². The van der Waals surface area contributed by atoms with Gasteiger partial charge in [-0.15, -0.1) is 0 Å². The highest BCUT2D eigenvalue weighted by Gasteiger charge is 2.24. The van der Waals surface area contributed by atoms with E-state index in [0.717, 1.165) is 36.6 Å². The van der Waals surface area contributed by atoms with E-state index in [-0.39, 0.29) is 17.6 Å². The standard InChI is InChI=1S/C20H19BrFN5O2/c1-13(9-26-12-19(27(28)29)24-20(26)21)8-25-10-15-4-7-17(23-18(15)11-25)14-2-5-16(22)6-3-14/h2-7,12-13H,8-11H2,1H3. The molecule has 1 aromatic carbocycles. The van der Waals surface area contributed by atoms with Gasteiger partial charge in [-0.05, 0) is 51.7 Å². The van der Waals surface area contributed by atoms with Gasteiger partial charge in [-0.2, -0.15) is 0 Å². The average molecular weight is 460 g/mol. The van der Waals surface area contributed by atoms with Gasteiger partial charge in [0.15, 0.2) is 0 Å². The maximum atomic E-state index is 13.1. The molecule has 3 heterocycles. The number of rotatable bonds is 6. The largest absolute Gasteiger partial charge is 0.382 e. The Balaban J connectivity index is 1.40. The third kappa shape index (κ3) is 4.35. The second-order valence-corrected chi connectivity index (χ2v) is 8.07. The van der Waals surface area contributed by atoms with Crippen LogP contribution in [0.25, 0.3) is 11.3 Å². The van der Waals surface area contributed by atoms with Crippen molar-refractivity contribution in [3.63, 3.8) is 0 Å². The monoisotopic (exact) mass is 459 g/mol. The lowest BCUT2D eigenvalue weighted by atomic mass is 10.1. The number of halogens is 2. The van der Waals surface area contributed by atoms with Crippen molar-refractivity contribution in [3.8, 4) is 11.3 Å². The van der Waals surface area contributed by atoms with Crippen molar-refractivity contribution in [1.82, 2.24) is 19.4 Å². The molecule has 7 nitrogen and oxygen atoms in total. The molecule has 0 spiro atoms. The third-order valence-electron chi connectivity index (χ3n) is 4.96. The van der Waals surface area contributed by atoms with Crippen LogP contribution in [0.2, 0.25) is 0 Å². The van der Waals surface area contributed by atoms with Gasteiger partial charge in [-0.1, -0.05) is 13.0 Å². The molecule has 29 heavy (non-hydrogen) atoms. The molecule has 1 aliphatic heterocycles. The SMILES string of the molecule is CC(CN1Cc2ccc(-c3ccc(F)cc3)nc2C1)Cn1cc([N+](=O)[O-])nc1Br. The lowest BCUT2D eigenvalue weighted by Gasteiger charge is -2.20. The van der Waals surface area contributed by atoms with Gasteiger partial charge in [-0.3, -0.25) is 14.5 Å². The molecular weight excluding hydrogens is 441 g/mol. The van der Waals surface area contributed by atoms with E-state index in [1.165, 1.54) is 23.9 Å². The molecule has 150 valence electrons. The predicted octanol–water partition coefficient (Wildman–Crippen LogP) is 4.41. The van der Waals surface area contributed by atoms with E-state index in [4.69, 9.17) is 4.98 Å². The number of hydrogen-bond acceptors (Lipinski definition) is 5. The minimum absolute atomic E-state index is 0.157. The molecule has 0 aliphatic carbocycles. The first-order valence-corrected chi connectivity index (χ1v) is 10.0. The van der Waals surface area contributed by atoms with E-state index < -0.39 is 4.92 Å². The molecule has 9 heteroatoms. The summed E-state index contributed by atoms with van der Waals surface area (Å²) in [6.07, 6.45) is 1.45. The van der Waals surface area contributed by atoms with Crippen LogP contribution >= 0.6 is 15.9 Å². The highest BCUT2D eigenvalue weighted by molar-refractivity contribution is 9.10. The summed E-state index contributed by atoms with van der Waals surface area (Å²) in [6, 6.07) is 10.4. The van der Waals surface area contributed by atoms with Crippen LogP contribution in [0.5, 0.6) is 0 Å². The van der Waals surface area contributed by atoms with Crippen LogP contribution in [-0.4, -0.2) is 30.9 Å². The van der Waals surface area contributed by atoms with Gasteiger partial charge >= 0.3 is 5.82 Å². The molecule has 1 aliphatic rings. The Bertz CT molecular complexity index is 1050. The van der Waals surface area contributed by atoms with Crippen molar-refractivity contribution < 1.29 is 9.31 Å². The number of fused-ring (bicyclic) bond motifs is 1. The van der Waals surface area contributed by atoms with Crippen molar-refractivity contribution in [1.29, 1.82) is 0 Å². The van der Waals surface area contributed by atoms with E-state index in [0.29, 0.717) is 11.3 Å². The summed E-state index contributed by atoms with van der Waals surface area (Å²) in [6.45, 7) is 5.14. The summed E-state index contributed by atoms with van der Waals surface area (Å²) < 4.78 is 15.4. The van der Waals surface area contributed by atoms with Crippen LogP contribution in [0.1, 0.15) is 18.2 Å². The quantitative estimate of drug-likeness (QED) is 0.403. The van der Waals surface area contributed by atoms with Crippen LogP contribution < -0.4 is 0 Å². The Morgan fingerprint density at radius 3 is 2.62 bits per heavy atom. The fraction of sp³-hybridized carbons (Fsp3) is 0.300. The lowest BCUT2D eigenvalue weighted by molar-refractivity contribution is -0.389. The third-order valence-corrected chi connectivity index (χ3v) is 5.59. The lowest BCUT2D eigenvalue weighted by Crippen LogP contribution is -2.25. The summed E-state index contributed by atoms with van der Waals surface area (Å²) in [5, 5.41) is 10.9. The summed E-state index contributed by atoms with van der Waals surface area (Å²) in [4.78, 5) is 21.4. The van der Waals surface area contributed by atoms with Crippen molar-refractivity contribution in [2.24, 2.45) is 5.92 Å². The van der Waals surface area contributed by atoms with Gasteiger partial charge in [0.1, 0.15) is 12.0 Å². The molecule has 0 amide bonds. The number of imidazole rings is 1. The van der Waals surface area contributed by atoms with Crippen LogP contribution in [0.15, 0.2) is 47.3 Å². The number of hydrogen-bond donors (Lipinski definition) is 0. The predicted molar refractivity (Wildman–Crippen MR) is 109 cm³/mol. The molecule has 1 atom stereocenters. The van der Waals surface area contributed by atoms with Crippen LogP contribution in [0.3, 0.4) is 0 Å². The Hall–Kier alpha value is -2.65. The molecule has 0 fully saturated rings. The van der Waals surface area contributed by atoms with Crippen molar-refractivity contribution in [2.45, 2.75) is 26.6 Å². The molecule has 1 unspecified atom stereocenters. The van der Waals surface area contributed by atoms with Crippen LogP contribution in [0, 0.1) is 21.8 Å². The topological polar surface area (TPSA) is 77.1 Å². The van der Waals surface area contributed by atoms with E-state index in [9.17, 15) is 14.5 Å². The molecule has 2 aromatic heterocycles. The van der Waals surface area contributed by atoms with Crippen LogP contribution in [-0.2, 0) is 19.6 Å².